The molecule has 0 radical (unpaired) electrons. The second-order valence-corrected chi connectivity index (χ2v) is 6.40. The van der Waals surface area contributed by atoms with Gasteiger partial charge in [-0.2, -0.15) is 13.2 Å². The third kappa shape index (κ3) is 4.31. The summed E-state index contributed by atoms with van der Waals surface area (Å²) >= 11 is 0. The summed E-state index contributed by atoms with van der Waals surface area (Å²) in [5, 5.41) is 8.67. The molecule has 0 bridgehead atoms. The minimum Gasteiger partial charge on any atom is -0.481 e. The van der Waals surface area contributed by atoms with Crippen molar-refractivity contribution < 1.29 is 27.9 Å². The zero-order chi connectivity index (χ0) is 18.7. The molecule has 1 aliphatic rings. The summed E-state index contributed by atoms with van der Waals surface area (Å²) in [6.45, 7) is -0.163. The highest BCUT2D eigenvalue weighted by molar-refractivity contribution is 5.84. The van der Waals surface area contributed by atoms with E-state index in [9.17, 15) is 22.8 Å². The van der Waals surface area contributed by atoms with Gasteiger partial charge < -0.3 is 10.0 Å². The molecule has 0 spiro atoms. The van der Waals surface area contributed by atoms with E-state index in [1.165, 1.54) is 7.05 Å². The molecule has 1 aromatic rings. The number of likely N-dealkylation sites (tertiary alicyclic amines) is 1. The topological polar surface area (TPSA) is 60.9 Å². The number of amides is 1. The largest absolute Gasteiger partial charge is 0.481 e. The van der Waals surface area contributed by atoms with E-state index in [-0.39, 0.29) is 25.9 Å². The van der Waals surface area contributed by atoms with Gasteiger partial charge in [-0.05, 0) is 18.5 Å². The van der Waals surface area contributed by atoms with E-state index in [2.05, 4.69) is 0 Å². The van der Waals surface area contributed by atoms with Gasteiger partial charge in [-0.3, -0.25) is 14.5 Å². The molecule has 8 heteroatoms. The van der Waals surface area contributed by atoms with Gasteiger partial charge in [0.15, 0.2) is 5.41 Å². The van der Waals surface area contributed by atoms with Crippen LogP contribution in [0.3, 0.4) is 0 Å². The van der Waals surface area contributed by atoms with Crippen molar-refractivity contribution in [2.24, 2.45) is 5.41 Å². The molecule has 0 aliphatic carbocycles. The number of aliphatic carboxylic acids is 1. The van der Waals surface area contributed by atoms with Crippen LogP contribution in [0.4, 0.5) is 13.2 Å². The standard InChI is InChI=1S/C17H21F3N2O3/c1-21(9-7-14(23)24)15(25)16(17(18,19)20)8-10-22(12-16)11-13-5-3-2-4-6-13/h2-6H,7-12H2,1H3,(H,23,24)/t16-/m1/s1. The molecule has 2 rings (SSSR count). The number of hydrogen-bond acceptors (Lipinski definition) is 3. The van der Waals surface area contributed by atoms with Crippen LogP contribution in [-0.2, 0) is 16.1 Å². The van der Waals surface area contributed by atoms with Crippen LogP contribution in [0.1, 0.15) is 18.4 Å². The Bertz CT molecular complexity index is 621. The summed E-state index contributed by atoms with van der Waals surface area (Å²) in [6.07, 6.45) is -5.39. The van der Waals surface area contributed by atoms with Crippen molar-refractivity contribution in [2.45, 2.75) is 25.6 Å². The van der Waals surface area contributed by atoms with Crippen LogP contribution in [0, 0.1) is 5.41 Å². The van der Waals surface area contributed by atoms with Crippen molar-refractivity contribution in [3.05, 3.63) is 35.9 Å². The maximum Gasteiger partial charge on any atom is 0.404 e. The third-order valence-corrected chi connectivity index (χ3v) is 4.56. The molecule has 1 amide bonds. The quantitative estimate of drug-likeness (QED) is 0.848. The van der Waals surface area contributed by atoms with E-state index in [4.69, 9.17) is 5.11 Å². The van der Waals surface area contributed by atoms with Gasteiger partial charge in [0.05, 0.1) is 6.42 Å². The minimum atomic E-state index is -4.69. The summed E-state index contributed by atoms with van der Waals surface area (Å²) in [4.78, 5) is 25.6. The van der Waals surface area contributed by atoms with E-state index in [0.717, 1.165) is 10.5 Å². The van der Waals surface area contributed by atoms with Crippen molar-refractivity contribution in [3.8, 4) is 0 Å². The molecule has 1 aliphatic heterocycles. The average Bonchev–Trinajstić information content (AvgIpc) is 2.97. The zero-order valence-electron chi connectivity index (χ0n) is 13.9. The number of carbonyl (C=O) groups is 2. The molecule has 0 saturated carbocycles. The molecule has 25 heavy (non-hydrogen) atoms. The number of rotatable bonds is 6. The van der Waals surface area contributed by atoms with E-state index in [1.807, 2.05) is 30.3 Å². The Balaban J connectivity index is 2.14. The van der Waals surface area contributed by atoms with Gasteiger partial charge >= 0.3 is 12.1 Å². The fraction of sp³-hybridized carbons (Fsp3) is 0.529. The number of carboxylic acid groups (broad SMARTS) is 1. The van der Waals surface area contributed by atoms with Gasteiger partial charge in [0, 0.05) is 26.7 Å². The highest BCUT2D eigenvalue weighted by atomic mass is 19.4. The third-order valence-electron chi connectivity index (χ3n) is 4.56. The van der Waals surface area contributed by atoms with Crippen molar-refractivity contribution in [2.75, 3.05) is 26.7 Å². The molecule has 1 aromatic carbocycles. The van der Waals surface area contributed by atoms with Crippen molar-refractivity contribution in [1.82, 2.24) is 9.80 Å². The summed E-state index contributed by atoms with van der Waals surface area (Å²) in [5.74, 6) is -2.21. The molecule has 138 valence electrons. The molecule has 5 nitrogen and oxygen atoms in total. The predicted octanol–water partition coefficient (Wildman–Crippen LogP) is 2.37. The van der Waals surface area contributed by atoms with Crippen LogP contribution in [-0.4, -0.2) is 59.6 Å². The average molecular weight is 358 g/mol. The van der Waals surface area contributed by atoms with E-state index >= 15 is 0 Å². The zero-order valence-corrected chi connectivity index (χ0v) is 13.9. The first-order valence-corrected chi connectivity index (χ1v) is 7.96. The van der Waals surface area contributed by atoms with Crippen LogP contribution in [0.25, 0.3) is 0 Å². The normalized spacial score (nSPS) is 21.3. The second-order valence-electron chi connectivity index (χ2n) is 6.40. The molecule has 1 fully saturated rings. The second kappa shape index (κ2) is 7.43. The SMILES string of the molecule is CN(CCC(=O)O)C(=O)[C@@]1(C(F)(F)F)CCN(Cc2ccccc2)C1. The Morgan fingerprint density at radius 1 is 1.28 bits per heavy atom. The summed E-state index contributed by atoms with van der Waals surface area (Å²) in [6, 6.07) is 9.11. The van der Waals surface area contributed by atoms with Crippen LogP contribution in [0.2, 0.25) is 0 Å². The molecule has 1 N–H and O–H groups in total. The van der Waals surface area contributed by atoms with Crippen LogP contribution in [0.15, 0.2) is 30.3 Å². The lowest BCUT2D eigenvalue weighted by Gasteiger charge is -2.34. The number of hydrogen-bond donors (Lipinski definition) is 1. The highest BCUT2D eigenvalue weighted by Crippen LogP contribution is 2.47. The smallest absolute Gasteiger partial charge is 0.404 e. The summed E-state index contributed by atoms with van der Waals surface area (Å²) < 4.78 is 41.2. The first-order valence-electron chi connectivity index (χ1n) is 7.96. The van der Waals surface area contributed by atoms with Crippen molar-refractivity contribution in [1.29, 1.82) is 0 Å². The lowest BCUT2D eigenvalue weighted by molar-refractivity contribution is -0.223. The van der Waals surface area contributed by atoms with Crippen molar-refractivity contribution >= 4 is 11.9 Å². The molecule has 0 aromatic heterocycles. The van der Waals surface area contributed by atoms with E-state index < -0.39 is 30.0 Å². The molecular formula is C17H21F3N2O3. The maximum absolute atomic E-state index is 13.7. The molecule has 1 heterocycles. The lowest BCUT2D eigenvalue weighted by atomic mass is 9.84. The Labute approximate surface area is 144 Å². The molecular weight excluding hydrogens is 337 g/mol. The van der Waals surface area contributed by atoms with Gasteiger partial charge in [0.1, 0.15) is 0 Å². The lowest BCUT2D eigenvalue weighted by Crippen LogP contribution is -2.53. The van der Waals surface area contributed by atoms with Crippen LogP contribution in [0.5, 0.6) is 0 Å². The Morgan fingerprint density at radius 3 is 2.48 bits per heavy atom. The van der Waals surface area contributed by atoms with E-state index in [0.29, 0.717) is 6.54 Å². The minimum absolute atomic E-state index is 0.160. The fourth-order valence-electron chi connectivity index (χ4n) is 3.12. The van der Waals surface area contributed by atoms with Crippen LogP contribution < -0.4 is 0 Å². The van der Waals surface area contributed by atoms with Gasteiger partial charge in [-0.15, -0.1) is 0 Å². The van der Waals surface area contributed by atoms with Gasteiger partial charge in [0.2, 0.25) is 5.91 Å². The fourth-order valence-corrected chi connectivity index (χ4v) is 3.12. The Morgan fingerprint density at radius 2 is 1.92 bits per heavy atom. The predicted molar refractivity (Wildman–Crippen MR) is 84.7 cm³/mol. The number of halogens is 3. The molecule has 1 atom stereocenters. The number of carbonyl (C=O) groups excluding carboxylic acids is 1. The van der Waals surface area contributed by atoms with E-state index in [1.54, 1.807) is 4.90 Å². The maximum atomic E-state index is 13.7. The number of nitrogens with zero attached hydrogens (tertiary/aromatic N) is 2. The monoisotopic (exact) mass is 358 g/mol. The van der Waals surface area contributed by atoms with Gasteiger partial charge in [-0.1, -0.05) is 30.3 Å². The first kappa shape index (κ1) is 19.2. The number of alkyl halides is 3. The van der Waals surface area contributed by atoms with Gasteiger partial charge in [-0.25, -0.2) is 0 Å². The summed E-state index contributed by atoms with van der Waals surface area (Å²) in [5.41, 5.74) is -1.60. The Kier molecular flexibility index (Phi) is 5.72. The number of benzene rings is 1. The summed E-state index contributed by atoms with van der Waals surface area (Å²) in [7, 11) is 1.22. The van der Waals surface area contributed by atoms with Gasteiger partial charge in [0.25, 0.3) is 0 Å². The first-order chi connectivity index (χ1) is 11.7. The highest BCUT2D eigenvalue weighted by Gasteiger charge is 2.63. The molecule has 1 saturated heterocycles. The Hall–Kier alpha value is -2.09. The van der Waals surface area contributed by atoms with Crippen molar-refractivity contribution in [3.63, 3.8) is 0 Å². The number of carboxylic acids is 1. The molecule has 0 unspecified atom stereocenters. The van der Waals surface area contributed by atoms with Crippen LogP contribution >= 0.6 is 0 Å².